The third kappa shape index (κ3) is 6.51. The van der Waals surface area contributed by atoms with Crippen molar-refractivity contribution in [3.05, 3.63) is 0 Å². The second-order valence-electron chi connectivity index (χ2n) is 5.45. The van der Waals surface area contributed by atoms with Crippen LogP contribution in [-0.2, 0) is 0 Å². The van der Waals surface area contributed by atoms with Gasteiger partial charge in [0.1, 0.15) is 0 Å². The first-order valence-corrected chi connectivity index (χ1v) is 6.79. The van der Waals surface area contributed by atoms with Gasteiger partial charge in [0.2, 0.25) is 0 Å². The fourth-order valence-electron chi connectivity index (χ4n) is 2.22. The van der Waals surface area contributed by atoms with E-state index in [1.807, 2.05) is 0 Å². The number of hydrogen-bond acceptors (Lipinski definition) is 2. The predicted octanol–water partition coefficient (Wildman–Crippen LogP) is 1.96. The molecule has 0 saturated heterocycles. The molecule has 0 aromatic rings. The van der Waals surface area contributed by atoms with E-state index >= 15 is 0 Å². The van der Waals surface area contributed by atoms with Crippen molar-refractivity contribution in [2.24, 2.45) is 0 Å². The minimum absolute atomic E-state index is 0.00292. The van der Waals surface area contributed by atoms with Crippen molar-refractivity contribution in [3.8, 4) is 0 Å². The quantitative estimate of drug-likeness (QED) is 0.773. The smallest absolute Gasteiger partial charge is 0.315 e. The van der Waals surface area contributed by atoms with E-state index in [4.69, 9.17) is 0 Å². The van der Waals surface area contributed by atoms with Crippen LogP contribution in [0.2, 0.25) is 0 Å². The molecule has 4 nitrogen and oxygen atoms in total. The topological polar surface area (TPSA) is 44.4 Å². The van der Waals surface area contributed by atoms with E-state index in [1.54, 1.807) is 0 Å². The van der Waals surface area contributed by atoms with Gasteiger partial charge >= 0.3 is 6.03 Å². The number of rotatable bonds is 5. The van der Waals surface area contributed by atoms with Crippen LogP contribution >= 0.6 is 0 Å². The van der Waals surface area contributed by atoms with Gasteiger partial charge in [-0.05, 0) is 46.8 Å². The van der Waals surface area contributed by atoms with Gasteiger partial charge in [-0.15, -0.1) is 0 Å². The molecule has 1 aliphatic rings. The van der Waals surface area contributed by atoms with E-state index in [2.05, 4.69) is 36.6 Å². The van der Waals surface area contributed by atoms with Crippen molar-refractivity contribution in [3.63, 3.8) is 0 Å². The van der Waals surface area contributed by atoms with Crippen LogP contribution in [0.15, 0.2) is 0 Å². The monoisotopic (exact) mass is 241 g/mol. The number of carbonyl (C=O) groups is 1. The standard InChI is InChI=1S/C13H27N3O/c1-11(9-10-16(2)3)14-13(17)15-12-7-5-4-6-8-12/h11-12H,4-10H2,1-3H3,(H2,14,15,17). The second-order valence-corrected chi connectivity index (χ2v) is 5.45. The van der Waals surface area contributed by atoms with Crippen molar-refractivity contribution in [2.45, 2.75) is 57.5 Å². The molecule has 0 heterocycles. The minimum atomic E-state index is 0.00292. The SMILES string of the molecule is CC(CCN(C)C)NC(=O)NC1CCCCC1. The van der Waals surface area contributed by atoms with Gasteiger partial charge in [0.25, 0.3) is 0 Å². The van der Waals surface area contributed by atoms with Gasteiger partial charge in [0.15, 0.2) is 0 Å². The molecule has 0 spiro atoms. The summed E-state index contributed by atoms with van der Waals surface area (Å²) in [5.41, 5.74) is 0. The molecule has 0 radical (unpaired) electrons. The summed E-state index contributed by atoms with van der Waals surface area (Å²) in [6.07, 6.45) is 7.09. The number of carbonyl (C=O) groups excluding carboxylic acids is 1. The molecular weight excluding hydrogens is 214 g/mol. The molecule has 2 amide bonds. The number of nitrogens with zero attached hydrogens (tertiary/aromatic N) is 1. The summed E-state index contributed by atoms with van der Waals surface area (Å²) in [5.74, 6) is 0. The lowest BCUT2D eigenvalue weighted by Crippen LogP contribution is -2.46. The fraction of sp³-hybridized carbons (Fsp3) is 0.923. The predicted molar refractivity (Wildman–Crippen MR) is 71.2 cm³/mol. The van der Waals surface area contributed by atoms with Gasteiger partial charge in [-0.25, -0.2) is 4.79 Å². The van der Waals surface area contributed by atoms with E-state index in [1.165, 1.54) is 19.3 Å². The summed E-state index contributed by atoms with van der Waals surface area (Å²) in [4.78, 5) is 13.9. The lowest BCUT2D eigenvalue weighted by atomic mass is 9.96. The molecule has 1 aliphatic carbocycles. The van der Waals surface area contributed by atoms with Crippen LogP contribution in [0.3, 0.4) is 0 Å². The lowest BCUT2D eigenvalue weighted by Gasteiger charge is -2.24. The maximum absolute atomic E-state index is 11.7. The molecule has 1 saturated carbocycles. The van der Waals surface area contributed by atoms with Crippen molar-refractivity contribution < 1.29 is 4.79 Å². The highest BCUT2D eigenvalue weighted by Crippen LogP contribution is 2.17. The molecule has 0 aromatic carbocycles. The van der Waals surface area contributed by atoms with Crippen molar-refractivity contribution in [2.75, 3.05) is 20.6 Å². The third-order valence-corrected chi connectivity index (χ3v) is 3.33. The molecule has 0 bridgehead atoms. The Morgan fingerprint density at radius 3 is 2.53 bits per heavy atom. The van der Waals surface area contributed by atoms with E-state index < -0.39 is 0 Å². The van der Waals surface area contributed by atoms with Gasteiger partial charge in [-0.2, -0.15) is 0 Å². The average Bonchev–Trinajstić information content (AvgIpc) is 2.27. The zero-order valence-corrected chi connectivity index (χ0v) is 11.5. The molecule has 4 heteroatoms. The number of hydrogen-bond donors (Lipinski definition) is 2. The molecule has 2 N–H and O–H groups in total. The van der Waals surface area contributed by atoms with Crippen LogP contribution in [0.1, 0.15) is 45.4 Å². The van der Waals surface area contributed by atoms with Crippen LogP contribution in [0.5, 0.6) is 0 Å². The Morgan fingerprint density at radius 1 is 1.29 bits per heavy atom. The Hall–Kier alpha value is -0.770. The maximum Gasteiger partial charge on any atom is 0.315 e. The Bertz CT molecular complexity index is 225. The zero-order chi connectivity index (χ0) is 12.7. The van der Waals surface area contributed by atoms with E-state index in [0.717, 1.165) is 25.8 Å². The molecular formula is C13H27N3O. The van der Waals surface area contributed by atoms with Crippen LogP contribution in [-0.4, -0.2) is 43.7 Å². The minimum Gasteiger partial charge on any atom is -0.336 e. The van der Waals surface area contributed by atoms with E-state index in [-0.39, 0.29) is 12.1 Å². The molecule has 1 atom stereocenters. The summed E-state index contributed by atoms with van der Waals surface area (Å²) in [6.45, 7) is 3.06. The summed E-state index contributed by atoms with van der Waals surface area (Å²) < 4.78 is 0. The third-order valence-electron chi connectivity index (χ3n) is 3.33. The molecule has 17 heavy (non-hydrogen) atoms. The average molecular weight is 241 g/mol. The first-order chi connectivity index (χ1) is 8.08. The molecule has 0 aliphatic heterocycles. The first-order valence-electron chi connectivity index (χ1n) is 6.79. The normalized spacial score (nSPS) is 19.1. The number of urea groups is 1. The fourth-order valence-corrected chi connectivity index (χ4v) is 2.22. The van der Waals surface area contributed by atoms with Gasteiger partial charge in [0, 0.05) is 12.1 Å². The van der Waals surface area contributed by atoms with Gasteiger partial charge in [-0.1, -0.05) is 19.3 Å². The van der Waals surface area contributed by atoms with Crippen LogP contribution < -0.4 is 10.6 Å². The second kappa shape index (κ2) is 7.54. The van der Waals surface area contributed by atoms with Crippen molar-refractivity contribution >= 4 is 6.03 Å². The van der Waals surface area contributed by atoms with E-state index in [0.29, 0.717) is 6.04 Å². The molecule has 1 unspecified atom stereocenters. The molecule has 0 aromatic heterocycles. The zero-order valence-electron chi connectivity index (χ0n) is 11.5. The first kappa shape index (κ1) is 14.3. The molecule has 1 rings (SSSR count). The van der Waals surface area contributed by atoms with E-state index in [9.17, 15) is 4.79 Å². The summed E-state index contributed by atoms with van der Waals surface area (Å²) in [7, 11) is 4.10. The Labute approximate surface area is 105 Å². The Balaban J connectivity index is 2.14. The maximum atomic E-state index is 11.7. The Kier molecular flexibility index (Phi) is 6.34. The highest BCUT2D eigenvalue weighted by molar-refractivity contribution is 5.74. The van der Waals surface area contributed by atoms with Crippen LogP contribution in [0.25, 0.3) is 0 Å². The summed E-state index contributed by atoms with van der Waals surface area (Å²) in [5, 5.41) is 6.08. The van der Waals surface area contributed by atoms with Crippen molar-refractivity contribution in [1.29, 1.82) is 0 Å². The summed E-state index contributed by atoms with van der Waals surface area (Å²) in [6, 6.07) is 0.633. The number of nitrogens with one attached hydrogen (secondary N) is 2. The largest absolute Gasteiger partial charge is 0.336 e. The van der Waals surface area contributed by atoms with Gasteiger partial charge in [-0.3, -0.25) is 0 Å². The lowest BCUT2D eigenvalue weighted by molar-refractivity contribution is 0.228. The summed E-state index contributed by atoms with van der Waals surface area (Å²) >= 11 is 0. The number of amides is 2. The Morgan fingerprint density at radius 2 is 1.94 bits per heavy atom. The molecule has 100 valence electrons. The highest BCUT2D eigenvalue weighted by atomic mass is 16.2. The molecule has 1 fully saturated rings. The van der Waals surface area contributed by atoms with Gasteiger partial charge < -0.3 is 15.5 Å². The van der Waals surface area contributed by atoms with Crippen LogP contribution in [0.4, 0.5) is 4.79 Å². The van der Waals surface area contributed by atoms with Crippen LogP contribution in [0, 0.1) is 0 Å². The van der Waals surface area contributed by atoms with Gasteiger partial charge in [0.05, 0.1) is 0 Å². The van der Waals surface area contributed by atoms with Crippen molar-refractivity contribution in [1.82, 2.24) is 15.5 Å². The highest BCUT2D eigenvalue weighted by Gasteiger charge is 2.16.